The van der Waals surface area contributed by atoms with Crippen LogP contribution < -0.4 is 31.0 Å². The molecular weight excluding hydrogens is 795 g/mol. The summed E-state index contributed by atoms with van der Waals surface area (Å²) in [5, 5.41) is 3.82. The highest BCUT2D eigenvalue weighted by Gasteiger charge is 2.51. The van der Waals surface area contributed by atoms with Crippen molar-refractivity contribution in [3.8, 4) is 11.1 Å². The minimum Gasteiger partial charge on any atom is -0.363 e. The number of nitrogens with zero attached hydrogens (tertiary/aromatic N) is 2. The van der Waals surface area contributed by atoms with E-state index in [1.807, 2.05) is 0 Å². The molecule has 6 aromatic rings. The zero-order valence-electron chi connectivity index (χ0n) is 37.2. The van der Waals surface area contributed by atoms with Gasteiger partial charge in [-0.15, -0.1) is 0 Å². The summed E-state index contributed by atoms with van der Waals surface area (Å²) in [6, 6.07) is 51.8. The molecular formula is C56H66N2O2P2. The summed E-state index contributed by atoms with van der Waals surface area (Å²) in [7, 11) is -6.26. The monoisotopic (exact) mass is 860 g/mol. The van der Waals surface area contributed by atoms with E-state index in [4.69, 9.17) is 0 Å². The Bertz CT molecular complexity index is 2160. The van der Waals surface area contributed by atoms with Gasteiger partial charge < -0.3 is 18.9 Å². The molecule has 2 aliphatic rings. The van der Waals surface area contributed by atoms with Gasteiger partial charge in [0.05, 0.1) is 0 Å². The van der Waals surface area contributed by atoms with Gasteiger partial charge in [-0.1, -0.05) is 199 Å². The summed E-state index contributed by atoms with van der Waals surface area (Å²) in [5.41, 5.74) is 9.02. The Kier molecular flexibility index (Phi) is 14.7. The molecule has 0 saturated carbocycles. The molecule has 0 fully saturated rings. The van der Waals surface area contributed by atoms with E-state index in [0.29, 0.717) is 38.5 Å². The highest BCUT2D eigenvalue weighted by atomic mass is 31.2. The van der Waals surface area contributed by atoms with Gasteiger partial charge >= 0.3 is 0 Å². The van der Waals surface area contributed by atoms with Crippen LogP contribution in [0.2, 0.25) is 0 Å². The third kappa shape index (κ3) is 9.78. The van der Waals surface area contributed by atoms with Crippen molar-refractivity contribution in [1.29, 1.82) is 0 Å². The molecule has 4 nitrogen and oxygen atoms in total. The van der Waals surface area contributed by atoms with Gasteiger partial charge in [-0.05, 0) is 59.4 Å². The number of anilines is 2. The Morgan fingerprint density at radius 1 is 0.355 bits per heavy atom. The molecule has 62 heavy (non-hydrogen) atoms. The van der Waals surface area contributed by atoms with Gasteiger partial charge in [0, 0.05) is 82.2 Å². The molecule has 0 amide bonds. The second kappa shape index (κ2) is 20.7. The molecule has 0 N–H and O–H groups in total. The lowest BCUT2D eigenvalue weighted by atomic mass is 10.0. The van der Waals surface area contributed by atoms with Gasteiger partial charge in [0.25, 0.3) is 0 Å². The lowest BCUT2D eigenvalue weighted by Gasteiger charge is -2.30. The van der Waals surface area contributed by atoms with Crippen molar-refractivity contribution in [1.82, 2.24) is 0 Å². The molecule has 2 heterocycles. The van der Waals surface area contributed by atoms with E-state index in [0.717, 1.165) is 69.4 Å². The molecule has 0 radical (unpaired) electrons. The smallest absolute Gasteiger partial charge is 0.144 e. The van der Waals surface area contributed by atoms with E-state index in [-0.39, 0.29) is 0 Å². The van der Waals surface area contributed by atoms with Crippen LogP contribution in [0.25, 0.3) is 11.1 Å². The number of hydrogen-bond donors (Lipinski definition) is 0. The molecule has 322 valence electrons. The van der Waals surface area contributed by atoms with E-state index >= 15 is 9.13 Å². The average Bonchev–Trinajstić information content (AvgIpc) is 3.71. The normalized spacial score (nSPS) is 13.9. The average molecular weight is 861 g/mol. The maximum Gasteiger partial charge on any atom is 0.144 e. The van der Waals surface area contributed by atoms with Crippen LogP contribution in [0.5, 0.6) is 0 Å². The van der Waals surface area contributed by atoms with Crippen molar-refractivity contribution in [2.24, 2.45) is 0 Å². The molecule has 0 aliphatic carbocycles. The van der Waals surface area contributed by atoms with Crippen LogP contribution >= 0.6 is 14.3 Å². The molecule has 0 aromatic heterocycles. The molecule has 0 saturated heterocycles. The van der Waals surface area contributed by atoms with Gasteiger partial charge in [0.1, 0.15) is 14.3 Å². The summed E-state index contributed by atoms with van der Waals surface area (Å²) in [6.45, 7) is 7.32. The van der Waals surface area contributed by atoms with Crippen LogP contribution in [0.1, 0.15) is 113 Å². The van der Waals surface area contributed by atoms with Crippen LogP contribution in [-0.2, 0) is 35.3 Å². The van der Waals surface area contributed by atoms with Crippen LogP contribution in [0, 0.1) is 0 Å². The zero-order chi connectivity index (χ0) is 42.8. The van der Waals surface area contributed by atoms with Crippen molar-refractivity contribution in [3.63, 3.8) is 0 Å². The fourth-order valence-electron chi connectivity index (χ4n) is 9.87. The Morgan fingerprint density at radius 3 is 0.887 bits per heavy atom. The Labute approximate surface area is 372 Å². The quantitative estimate of drug-likeness (QED) is 0.0449. The third-order valence-corrected chi connectivity index (χ3v) is 19.6. The lowest BCUT2D eigenvalue weighted by molar-refractivity contribution is 0.580. The van der Waals surface area contributed by atoms with Gasteiger partial charge in [-0.3, -0.25) is 0 Å². The van der Waals surface area contributed by atoms with E-state index < -0.39 is 14.3 Å². The largest absolute Gasteiger partial charge is 0.363 e. The predicted molar refractivity (Wildman–Crippen MR) is 268 cm³/mol. The summed E-state index contributed by atoms with van der Waals surface area (Å²) < 4.78 is 33.1. The number of rotatable bonds is 24. The molecule has 2 aliphatic heterocycles. The summed E-state index contributed by atoms with van der Waals surface area (Å²) in [6.07, 6.45) is 15.0. The SMILES string of the molecule is CCCCCCCCP1(=O)c2cc(N(Cc3ccccc3)Cc3ccccc3)cc3c2-c2c1cc(N(Cc1ccccc1)Cc1ccccc1)cc2P3(=O)CCCCCCCC. The third-order valence-electron chi connectivity index (χ3n) is 13.2. The summed E-state index contributed by atoms with van der Waals surface area (Å²) in [5.74, 6) is 0. The minimum atomic E-state index is -3.13. The van der Waals surface area contributed by atoms with Crippen LogP contribution in [0.15, 0.2) is 146 Å². The highest BCUT2D eigenvalue weighted by molar-refractivity contribution is 7.83. The first-order valence-corrected chi connectivity index (χ1v) is 27.4. The Hall–Kier alpha value is -4.62. The van der Waals surface area contributed by atoms with E-state index in [2.05, 4.69) is 169 Å². The van der Waals surface area contributed by atoms with Crippen molar-refractivity contribution < 1.29 is 9.13 Å². The first-order chi connectivity index (χ1) is 30.4. The topological polar surface area (TPSA) is 40.6 Å². The van der Waals surface area contributed by atoms with Crippen LogP contribution in [0.4, 0.5) is 11.4 Å². The maximum absolute atomic E-state index is 16.6. The van der Waals surface area contributed by atoms with Gasteiger partial charge in [0.15, 0.2) is 0 Å². The van der Waals surface area contributed by atoms with Gasteiger partial charge in [-0.2, -0.15) is 0 Å². The first-order valence-electron chi connectivity index (χ1n) is 23.6. The first kappa shape index (κ1) is 44.0. The van der Waals surface area contributed by atoms with Gasteiger partial charge in [-0.25, -0.2) is 0 Å². The van der Waals surface area contributed by atoms with E-state index in [1.165, 1.54) is 73.6 Å². The fraction of sp³-hybridized carbons (Fsp3) is 0.357. The van der Waals surface area contributed by atoms with Gasteiger partial charge in [0.2, 0.25) is 0 Å². The number of hydrogen-bond acceptors (Lipinski definition) is 4. The van der Waals surface area contributed by atoms with Crippen LogP contribution in [0.3, 0.4) is 0 Å². The molecule has 8 rings (SSSR count). The molecule has 6 aromatic carbocycles. The zero-order valence-corrected chi connectivity index (χ0v) is 39.0. The van der Waals surface area contributed by atoms with E-state index in [1.54, 1.807) is 0 Å². The molecule has 0 unspecified atom stereocenters. The molecule has 0 bridgehead atoms. The second-order valence-electron chi connectivity index (χ2n) is 17.8. The van der Waals surface area contributed by atoms with Crippen molar-refractivity contribution in [2.75, 3.05) is 22.1 Å². The maximum atomic E-state index is 16.6. The Balaban J connectivity index is 1.28. The van der Waals surface area contributed by atoms with Crippen molar-refractivity contribution >= 4 is 46.9 Å². The summed E-state index contributed by atoms with van der Waals surface area (Å²) in [4.78, 5) is 4.86. The molecule has 0 atom stereocenters. The standard InChI is InChI=1S/C56H66N2O2P2/c1-3-5-7-9-11-25-35-61(59)51-37-49(57(41-45-27-17-13-18-28-45)42-46-29-19-14-20-30-46)39-53-55(51)56-52(61)38-50(40-54(56)62(53,60)36-26-12-10-8-6-4-2)58(43-47-31-21-15-22-32-47)44-48-33-23-16-24-34-48/h13-24,27-34,37-40H,3-12,25-26,35-36,41-44H2,1-2H3. The van der Waals surface area contributed by atoms with Crippen molar-refractivity contribution in [2.45, 2.75) is 117 Å². The van der Waals surface area contributed by atoms with E-state index in [9.17, 15) is 0 Å². The Morgan fingerprint density at radius 2 is 0.613 bits per heavy atom. The predicted octanol–water partition coefficient (Wildman–Crippen LogP) is 13.7. The fourth-order valence-corrected chi connectivity index (χ4v) is 16.6. The van der Waals surface area contributed by atoms with Crippen molar-refractivity contribution in [3.05, 3.63) is 168 Å². The summed E-state index contributed by atoms with van der Waals surface area (Å²) >= 11 is 0. The number of unbranched alkanes of at least 4 members (excludes halogenated alkanes) is 10. The van der Waals surface area contributed by atoms with Crippen LogP contribution in [-0.4, -0.2) is 12.3 Å². The second-order valence-corrected chi connectivity index (χ2v) is 23.6. The molecule has 0 spiro atoms. The lowest BCUT2D eigenvalue weighted by Crippen LogP contribution is -2.29. The minimum absolute atomic E-state index is 0.640. The number of benzene rings is 6. The highest BCUT2D eigenvalue weighted by Crippen LogP contribution is 2.63. The molecule has 6 heteroatoms.